The predicted molar refractivity (Wildman–Crippen MR) is 63.4 cm³/mol. The van der Waals surface area contributed by atoms with E-state index >= 15 is 0 Å². The Hall–Kier alpha value is -0.365. The molecule has 0 amide bonds. The van der Waals surface area contributed by atoms with Crippen LogP contribution in [0.25, 0.3) is 0 Å². The van der Waals surface area contributed by atoms with E-state index in [9.17, 15) is 8.42 Å². The van der Waals surface area contributed by atoms with E-state index in [1.54, 1.807) is 26.8 Å². The highest BCUT2D eigenvalue weighted by molar-refractivity contribution is 7.91. The van der Waals surface area contributed by atoms with Gasteiger partial charge in [-0.05, 0) is 26.8 Å². The maximum absolute atomic E-state index is 11.8. The molecule has 1 aromatic heterocycles. The van der Waals surface area contributed by atoms with Crippen LogP contribution in [-0.2, 0) is 10.0 Å². The molecule has 2 N–H and O–H groups in total. The van der Waals surface area contributed by atoms with E-state index in [-0.39, 0.29) is 11.7 Å². The molecular formula is C8H14BNO3S2. The van der Waals surface area contributed by atoms with E-state index in [1.807, 2.05) is 0 Å². The zero-order chi connectivity index (χ0) is 11.7. The average molecular weight is 247 g/mol. The standard InChI is InChI=1S/C8H14BNO3S2/c1-8(2,3)10-15(12,13)7-5-4-6(9-11)14-7/h4-5,9-11H,1-3H3. The molecule has 0 unspecified atom stereocenters. The molecule has 0 bridgehead atoms. The van der Waals surface area contributed by atoms with E-state index < -0.39 is 15.6 Å². The highest BCUT2D eigenvalue weighted by Crippen LogP contribution is 2.16. The Morgan fingerprint density at radius 2 is 2.00 bits per heavy atom. The molecular weight excluding hydrogens is 233 g/mol. The van der Waals surface area contributed by atoms with Crippen LogP contribution >= 0.6 is 11.3 Å². The van der Waals surface area contributed by atoms with Gasteiger partial charge in [-0.15, -0.1) is 11.3 Å². The maximum atomic E-state index is 11.8. The Balaban J connectivity index is 2.96. The van der Waals surface area contributed by atoms with Gasteiger partial charge in [-0.2, -0.15) is 0 Å². The first-order chi connectivity index (χ1) is 6.74. The third kappa shape index (κ3) is 3.60. The average Bonchev–Trinajstić information content (AvgIpc) is 2.47. The van der Waals surface area contributed by atoms with Crippen molar-refractivity contribution in [1.82, 2.24) is 4.72 Å². The highest BCUT2D eigenvalue weighted by atomic mass is 32.2. The van der Waals surface area contributed by atoms with Gasteiger partial charge in [0.2, 0.25) is 0 Å². The summed E-state index contributed by atoms with van der Waals surface area (Å²) >= 11 is 1.08. The molecule has 1 aromatic rings. The maximum Gasteiger partial charge on any atom is 0.315 e. The van der Waals surface area contributed by atoms with Crippen molar-refractivity contribution in [1.29, 1.82) is 0 Å². The number of nitrogens with one attached hydrogen (secondary N) is 1. The summed E-state index contributed by atoms with van der Waals surface area (Å²) in [4.78, 5) is 0. The van der Waals surface area contributed by atoms with Gasteiger partial charge in [0.25, 0.3) is 10.0 Å². The number of hydrogen-bond acceptors (Lipinski definition) is 4. The lowest BCUT2D eigenvalue weighted by Gasteiger charge is -2.19. The van der Waals surface area contributed by atoms with Crippen molar-refractivity contribution in [2.75, 3.05) is 0 Å². The van der Waals surface area contributed by atoms with Gasteiger partial charge >= 0.3 is 7.48 Å². The van der Waals surface area contributed by atoms with Crippen LogP contribution in [0.4, 0.5) is 0 Å². The van der Waals surface area contributed by atoms with Crippen LogP contribution in [0.5, 0.6) is 0 Å². The number of rotatable bonds is 3. The third-order valence-electron chi connectivity index (χ3n) is 1.50. The molecule has 1 heterocycles. The number of thiophene rings is 1. The van der Waals surface area contributed by atoms with Gasteiger partial charge in [0.15, 0.2) is 0 Å². The predicted octanol–water partition coefficient (Wildman–Crippen LogP) is -0.206. The van der Waals surface area contributed by atoms with Crippen molar-refractivity contribution in [3.63, 3.8) is 0 Å². The molecule has 7 heteroatoms. The van der Waals surface area contributed by atoms with Crippen molar-refractivity contribution in [2.24, 2.45) is 0 Å². The van der Waals surface area contributed by atoms with Crippen molar-refractivity contribution in [2.45, 2.75) is 30.5 Å². The van der Waals surface area contributed by atoms with Crippen LogP contribution in [-0.4, -0.2) is 26.5 Å². The minimum atomic E-state index is -3.45. The molecule has 0 fully saturated rings. The molecule has 0 saturated carbocycles. The highest BCUT2D eigenvalue weighted by Gasteiger charge is 2.23. The number of sulfonamides is 1. The van der Waals surface area contributed by atoms with E-state index in [4.69, 9.17) is 5.02 Å². The van der Waals surface area contributed by atoms with Crippen LogP contribution in [0.2, 0.25) is 0 Å². The van der Waals surface area contributed by atoms with Gasteiger partial charge in [-0.25, -0.2) is 13.1 Å². The molecule has 1 rings (SSSR count). The topological polar surface area (TPSA) is 66.4 Å². The van der Waals surface area contributed by atoms with Gasteiger partial charge in [0, 0.05) is 10.3 Å². The van der Waals surface area contributed by atoms with Crippen LogP contribution in [0.3, 0.4) is 0 Å². The van der Waals surface area contributed by atoms with Crippen molar-refractivity contribution in [3.8, 4) is 0 Å². The Labute approximate surface area is 94.7 Å². The molecule has 0 saturated heterocycles. The molecule has 0 aliphatic carbocycles. The smallest absolute Gasteiger partial charge is 0.315 e. The summed E-state index contributed by atoms with van der Waals surface area (Å²) in [6.07, 6.45) is 0. The zero-order valence-electron chi connectivity index (χ0n) is 8.94. The summed E-state index contributed by atoms with van der Waals surface area (Å²) < 4.78 is 27.0. The van der Waals surface area contributed by atoms with Crippen molar-refractivity contribution < 1.29 is 13.4 Å². The summed E-state index contributed by atoms with van der Waals surface area (Å²) in [5.41, 5.74) is -0.498. The first-order valence-electron chi connectivity index (χ1n) is 4.48. The van der Waals surface area contributed by atoms with Crippen molar-refractivity contribution in [3.05, 3.63) is 12.1 Å². The molecule has 0 aliphatic heterocycles. The van der Waals surface area contributed by atoms with Crippen molar-refractivity contribution >= 4 is 33.6 Å². The summed E-state index contributed by atoms with van der Waals surface area (Å²) in [7, 11) is -3.58. The van der Waals surface area contributed by atoms with Gasteiger partial charge in [-0.1, -0.05) is 6.07 Å². The molecule has 0 radical (unpaired) electrons. The fourth-order valence-electron chi connectivity index (χ4n) is 1.04. The second-order valence-corrected chi connectivity index (χ2v) is 7.31. The van der Waals surface area contributed by atoms with Crippen LogP contribution in [0.15, 0.2) is 16.3 Å². The molecule has 0 atom stereocenters. The third-order valence-corrected chi connectivity index (χ3v) is 4.82. The van der Waals surface area contributed by atoms with E-state index in [0.29, 0.717) is 4.78 Å². The lowest BCUT2D eigenvalue weighted by molar-refractivity contribution is 0.492. The normalized spacial score (nSPS) is 12.8. The fourth-order valence-corrected chi connectivity index (χ4v) is 3.68. The number of hydrogen-bond donors (Lipinski definition) is 2. The largest absolute Gasteiger partial charge is 0.449 e. The Kier molecular flexibility index (Phi) is 3.60. The Bertz CT molecular complexity index is 433. The van der Waals surface area contributed by atoms with Crippen LogP contribution in [0.1, 0.15) is 20.8 Å². The summed E-state index contributed by atoms with van der Waals surface area (Å²) in [5.74, 6) is 0. The first-order valence-corrected chi connectivity index (χ1v) is 6.78. The molecule has 15 heavy (non-hydrogen) atoms. The van der Waals surface area contributed by atoms with Gasteiger partial charge < -0.3 is 5.02 Å². The molecule has 0 aromatic carbocycles. The Morgan fingerprint density at radius 1 is 1.40 bits per heavy atom. The molecule has 4 nitrogen and oxygen atoms in total. The second-order valence-electron chi connectivity index (χ2n) is 4.23. The molecule has 0 aliphatic rings. The Morgan fingerprint density at radius 3 is 2.40 bits per heavy atom. The fraction of sp³-hybridized carbons (Fsp3) is 0.500. The molecule has 84 valence electrons. The lowest BCUT2D eigenvalue weighted by atomic mass is 10.0. The minimum absolute atomic E-state index is 0.129. The molecule has 0 spiro atoms. The summed E-state index contributed by atoms with van der Waals surface area (Å²) in [5, 5.41) is 8.84. The van der Waals surface area contributed by atoms with Gasteiger partial charge in [0.1, 0.15) is 4.21 Å². The van der Waals surface area contributed by atoms with Gasteiger partial charge in [-0.3, -0.25) is 0 Å². The summed E-state index contributed by atoms with van der Waals surface area (Å²) in [6, 6.07) is 3.12. The first kappa shape index (κ1) is 12.7. The van der Waals surface area contributed by atoms with E-state index in [1.165, 1.54) is 6.07 Å². The SMILES string of the molecule is CC(C)(C)NS(=O)(=O)c1ccc(BO)s1. The minimum Gasteiger partial charge on any atom is -0.449 e. The van der Waals surface area contributed by atoms with Crippen LogP contribution in [0, 0.1) is 0 Å². The van der Waals surface area contributed by atoms with E-state index in [2.05, 4.69) is 4.72 Å². The summed E-state index contributed by atoms with van der Waals surface area (Å²) in [6.45, 7) is 5.35. The zero-order valence-corrected chi connectivity index (χ0v) is 10.6. The van der Waals surface area contributed by atoms with Gasteiger partial charge in [0.05, 0.1) is 0 Å². The lowest BCUT2D eigenvalue weighted by Crippen LogP contribution is -2.40. The van der Waals surface area contributed by atoms with Crippen LogP contribution < -0.4 is 9.50 Å². The quantitative estimate of drug-likeness (QED) is 0.726. The second kappa shape index (κ2) is 4.25. The monoisotopic (exact) mass is 247 g/mol. The van der Waals surface area contributed by atoms with E-state index in [0.717, 1.165) is 11.3 Å².